The van der Waals surface area contributed by atoms with E-state index in [9.17, 15) is 14.7 Å². The van der Waals surface area contributed by atoms with Crippen molar-refractivity contribution in [2.24, 2.45) is 0 Å². The zero-order chi connectivity index (χ0) is 11.7. The third-order valence-electron chi connectivity index (χ3n) is 2.46. The molecule has 0 saturated heterocycles. The van der Waals surface area contributed by atoms with E-state index in [0.29, 0.717) is 17.7 Å². The number of carbonyl (C=O) groups is 2. The van der Waals surface area contributed by atoms with Gasteiger partial charge in [-0.25, -0.2) is 0 Å². The average molecular weight is 217 g/mol. The van der Waals surface area contributed by atoms with Crippen LogP contribution in [0, 0.1) is 0 Å². The molecule has 0 bridgehead atoms. The summed E-state index contributed by atoms with van der Waals surface area (Å²) in [6.07, 6.45) is 0. The summed E-state index contributed by atoms with van der Waals surface area (Å²) in [6.45, 7) is 2.17. The van der Waals surface area contributed by atoms with Crippen molar-refractivity contribution in [3.63, 3.8) is 0 Å². The molecule has 4 heteroatoms. The Morgan fingerprint density at radius 3 is 2.50 bits per heavy atom. The Morgan fingerprint density at radius 2 is 1.94 bits per heavy atom. The first-order valence-corrected chi connectivity index (χ1v) is 5.02. The highest BCUT2D eigenvalue weighted by atomic mass is 16.3. The molecular formula is C12H11NO3. The maximum atomic E-state index is 11.8. The molecule has 2 rings (SSSR count). The molecule has 0 saturated carbocycles. The summed E-state index contributed by atoms with van der Waals surface area (Å²) in [5.41, 5.74) is 0.637. The van der Waals surface area contributed by atoms with Crippen LogP contribution in [-0.4, -0.2) is 23.3 Å². The minimum Gasteiger partial charge on any atom is -0.506 e. The first kappa shape index (κ1) is 10.4. The van der Waals surface area contributed by atoms with E-state index in [2.05, 4.69) is 5.32 Å². The average Bonchev–Trinajstić information content (AvgIpc) is 2.53. The van der Waals surface area contributed by atoms with Crippen LogP contribution in [0.2, 0.25) is 0 Å². The van der Waals surface area contributed by atoms with Crippen LogP contribution in [0.25, 0.3) is 5.76 Å². The van der Waals surface area contributed by atoms with Crippen LogP contribution in [0.5, 0.6) is 0 Å². The number of likely N-dealkylation sites (N-methyl/N-ethyl adjacent to an activating group) is 1. The second-order valence-electron chi connectivity index (χ2n) is 3.46. The highest BCUT2D eigenvalue weighted by Gasteiger charge is 2.33. The van der Waals surface area contributed by atoms with Crippen LogP contribution < -0.4 is 5.32 Å². The highest BCUT2D eigenvalue weighted by Crippen LogP contribution is 2.30. The lowest BCUT2D eigenvalue weighted by molar-refractivity contribution is -0.117. The maximum Gasteiger partial charge on any atom is 0.259 e. The van der Waals surface area contributed by atoms with Crippen LogP contribution in [0.15, 0.2) is 29.8 Å². The standard InChI is InChI=1S/C12H11NO3/c1-2-13-12(16)9-10(14)7-5-3-4-6-8(7)11(9)15/h3-6,14H,2H2,1H3,(H,13,16). The number of carbonyl (C=O) groups excluding carboxylic acids is 2. The van der Waals surface area contributed by atoms with E-state index in [1.165, 1.54) is 0 Å². The lowest BCUT2D eigenvalue weighted by Crippen LogP contribution is -2.27. The molecule has 2 N–H and O–H groups in total. The number of fused-ring (bicyclic) bond motifs is 1. The Hall–Kier alpha value is -2.10. The molecular weight excluding hydrogens is 206 g/mol. The molecule has 82 valence electrons. The molecule has 1 aromatic rings. The summed E-state index contributed by atoms with van der Waals surface area (Å²) in [5.74, 6) is -1.17. The van der Waals surface area contributed by atoms with Gasteiger partial charge in [0.05, 0.1) is 0 Å². The normalized spacial score (nSPS) is 13.9. The summed E-state index contributed by atoms with van der Waals surface area (Å²) in [5, 5.41) is 12.3. The van der Waals surface area contributed by atoms with Gasteiger partial charge in [-0.3, -0.25) is 9.59 Å². The smallest absolute Gasteiger partial charge is 0.259 e. The molecule has 0 heterocycles. The van der Waals surface area contributed by atoms with Crippen molar-refractivity contribution in [2.75, 3.05) is 6.54 Å². The summed E-state index contributed by atoms with van der Waals surface area (Å²) >= 11 is 0. The molecule has 0 radical (unpaired) electrons. The topological polar surface area (TPSA) is 66.4 Å². The summed E-state index contributed by atoms with van der Waals surface area (Å²) in [4.78, 5) is 23.4. The van der Waals surface area contributed by atoms with Crippen molar-refractivity contribution in [1.29, 1.82) is 0 Å². The fourth-order valence-electron chi connectivity index (χ4n) is 1.72. The van der Waals surface area contributed by atoms with Gasteiger partial charge in [0.1, 0.15) is 11.3 Å². The maximum absolute atomic E-state index is 11.8. The molecule has 1 amide bonds. The van der Waals surface area contributed by atoms with Gasteiger partial charge in [-0.15, -0.1) is 0 Å². The minimum absolute atomic E-state index is 0.164. The van der Waals surface area contributed by atoms with Gasteiger partial charge < -0.3 is 10.4 Å². The van der Waals surface area contributed by atoms with Gasteiger partial charge >= 0.3 is 0 Å². The monoisotopic (exact) mass is 217 g/mol. The molecule has 1 aliphatic rings. The van der Waals surface area contributed by atoms with E-state index < -0.39 is 11.7 Å². The van der Waals surface area contributed by atoms with E-state index in [1.54, 1.807) is 31.2 Å². The predicted molar refractivity (Wildman–Crippen MR) is 59.0 cm³/mol. The fourth-order valence-corrected chi connectivity index (χ4v) is 1.72. The molecule has 1 aromatic carbocycles. The number of nitrogens with one attached hydrogen (secondary N) is 1. The number of aliphatic hydroxyl groups is 1. The minimum atomic E-state index is -0.527. The molecule has 0 aliphatic heterocycles. The largest absolute Gasteiger partial charge is 0.506 e. The van der Waals surface area contributed by atoms with Crippen LogP contribution in [0.4, 0.5) is 0 Å². The quantitative estimate of drug-likeness (QED) is 0.733. The Labute approximate surface area is 92.6 Å². The predicted octanol–water partition coefficient (Wildman–Crippen LogP) is 1.29. The molecule has 0 aromatic heterocycles. The second kappa shape index (κ2) is 3.81. The van der Waals surface area contributed by atoms with Gasteiger partial charge in [0.15, 0.2) is 0 Å². The Kier molecular flexibility index (Phi) is 2.48. The molecule has 4 nitrogen and oxygen atoms in total. The van der Waals surface area contributed by atoms with Gasteiger partial charge in [0, 0.05) is 17.7 Å². The van der Waals surface area contributed by atoms with Gasteiger partial charge in [-0.05, 0) is 6.92 Å². The number of ketones is 1. The molecule has 0 atom stereocenters. The molecule has 16 heavy (non-hydrogen) atoms. The van der Waals surface area contributed by atoms with Crippen molar-refractivity contribution in [3.8, 4) is 0 Å². The van der Waals surface area contributed by atoms with E-state index in [4.69, 9.17) is 0 Å². The lowest BCUT2D eigenvalue weighted by Gasteiger charge is -2.01. The molecule has 1 aliphatic carbocycles. The number of benzene rings is 1. The van der Waals surface area contributed by atoms with Gasteiger partial charge in [-0.1, -0.05) is 24.3 Å². The fraction of sp³-hybridized carbons (Fsp3) is 0.167. The Bertz CT molecular complexity index is 503. The number of aliphatic hydroxyl groups excluding tert-OH is 1. The van der Waals surface area contributed by atoms with Crippen LogP contribution in [0.3, 0.4) is 0 Å². The summed E-state index contributed by atoms with van der Waals surface area (Å²) < 4.78 is 0. The number of rotatable bonds is 2. The van der Waals surface area contributed by atoms with Gasteiger partial charge in [-0.2, -0.15) is 0 Å². The first-order chi connectivity index (χ1) is 7.66. The van der Waals surface area contributed by atoms with Crippen molar-refractivity contribution in [2.45, 2.75) is 6.92 Å². The van der Waals surface area contributed by atoms with E-state index >= 15 is 0 Å². The zero-order valence-corrected chi connectivity index (χ0v) is 8.78. The third-order valence-corrected chi connectivity index (χ3v) is 2.46. The van der Waals surface area contributed by atoms with Crippen LogP contribution in [0.1, 0.15) is 22.8 Å². The van der Waals surface area contributed by atoms with Crippen LogP contribution in [-0.2, 0) is 4.79 Å². The Balaban J connectivity index is 2.48. The number of hydrogen-bond donors (Lipinski definition) is 2. The van der Waals surface area contributed by atoms with E-state index in [0.717, 1.165) is 0 Å². The molecule has 0 unspecified atom stereocenters. The number of amides is 1. The second-order valence-corrected chi connectivity index (χ2v) is 3.46. The van der Waals surface area contributed by atoms with E-state index in [-0.39, 0.29) is 11.3 Å². The summed E-state index contributed by atoms with van der Waals surface area (Å²) in [7, 11) is 0. The summed E-state index contributed by atoms with van der Waals surface area (Å²) in [6, 6.07) is 6.63. The van der Waals surface area contributed by atoms with Crippen molar-refractivity contribution < 1.29 is 14.7 Å². The Morgan fingerprint density at radius 1 is 1.31 bits per heavy atom. The van der Waals surface area contributed by atoms with Crippen molar-refractivity contribution in [3.05, 3.63) is 41.0 Å². The first-order valence-electron chi connectivity index (χ1n) is 5.02. The highest BCUT2D eigenvalue weighted by molar-refractivity contribution is 6.33. The van der Waals surface area contributed by atoms with Crippen molar-refractivity contribution in [1.82, 2.24) is 5.32 Å². The van der Waals surface area contributed by atoms with Crippen molar-refractivity contribution >= 4 is 17.4 Å². The lowest BCUT2D eigenvalue weighted by atomic mass is 10.1. The zero-order valence-electron chi connectivity index (χ0n) is 8.78. The van der Waals surface area contributed by atoms with Gasteiger partial charge in [0.25, 0.3) is 5.91 Å². The molecule has 0 spiro atoms. The third kappa shape index (κ3) is 1.39. The van der Waals surface area contributed by atoms with Gasteiger partial charge in [0.2, 0.25) is 5.78 Å². The van der Waals surface area contributed by atoms with Crippen LogP contribution >= 0.6 is 0 Å². The SMILES string of the molecule is CCNC(=O)C1=C(O)c2ccccc2C1=O. The van der Waals surface area contributed by atoms with E-state index in [1.807, 2.05) is 0 Å². The number of Topliss-reactive ketones (excluding diaryl/α,β-unsaturated/α-hetero) is 1. The number of hydrogen-bond acceptors (Lipinski definition) is 3. The molecule has 0 fully saturated rings.